The van der Waals surface area contributed by atoms with Crippen LogP contribution in [0.2, 0.25) is 0 Å². The first-order chi connectivity index (χ1) is 9.76. The highest BCUT2D eigenvalue weighted by atomic mass is 16.5. The summed E-state index contributed by atoms with van der Waals surface area (Å²) in [5, 5.41) is 3.39. The zero-order valence-electron chi connectivity index (χ0n) is 12.5. The highest BCUT2D eigenvalue weighted by Crippen LogP contribution is 2.23. The molecule has 4 heteroatoms. The van der Waals surface area contributed by atoms with E-state index in [0.717, 1.165) is 24.7 Å². The molecular formula is C16H23N3O. The molecule has 2 aromatic rings. The van der Waals surface area contributed by atoms with Gasteiger partial charge < -0.3 is 14.6 Å². The molecule has 0 aliphatic heterocycles. The number of hydrogen-bond acceptors (Lipinski definition) is 3. The Bertz CT molecular complexity index is 519. The van der Waals surface area contributed by atoms with Crippen LogP contribution in [0, 0.1) is 0 Å². The SMILES string of the molecule is CCCCNc1nccn1C(C)c1ccc(OC)cc1. The van der Waals surface area contributed by atoms with Gasteiger partial charge in [0.15, 0.2) is 0 Å². The van der Waals surface area contributed by atoms with Gasteiger partial charge in [-0.2, -0.15) is 0 Å². The first-order valence-electron chi connectivity index (χ1n) is 7.17. The van der Waals surface area contributed by atoms with Crippen molar-refractivity contribution in [2.75, 3.05) is 19.0 Å². The molecule has 0 saturated carbocycles. The Kier molecular flexibility index (Phi) is 5.04. The van der Waals surface area contributed by atoms with Crippen LogP contribution in [0.5, 0.6) is 5.75 Å². The fourth-order valence-corrected chi connectivity index (χ4v) is 2.18. The summed E-state index contributed by atoms with van der Waals surface area (Å²) in [7, 11) is 1.68. The number of methoxy groups -OCH3 is 1. The number of benzene rings is 1. The number of aromatic nitrogens is 2. The molecular weight excluding hydrogens is 250 g/mol. The summed E-state index contributed by atoms with van der Waals surface area (Å²) in [5.41, 5.74) is 1.24. The number of ether oxygens (including phenoxy) is 1. The van der Waals surface area contributed by atoms with Crippen LogP contribution < -0.4 is 10.1 Å². The van der Waals surface area contributed by atoms with Crippen molar-refractivity contribution in [1.82, 2.24) is 9.55 Å². The average molecular weight is 273 g/mol. The first-order valence-corrected chi connectivity index (χ1v) is 7.17. The van der Waals surface area contributed by atoms with Crippen molar-refractivity contribution in [3.8, 4) is 5.75 Å². The zero-order valence-corrected chi connectivity index (χ0v) is 12.5. The van der Waals surface area contributed by atoms with Gasteiger partial charge in [-0.3, -0.25) is 0 Å². The second-order valence-corrected chi connectivity index (χ2v) is 4.89. The molecule has 4 nitrogen and oxygen atoms in total. The molecule has 1 heterocycles. The fourth-order valence-electron chi connectivity index (χ4n) is 2.18. The van der Waals surface area contributed by atoms with E-state index in [9.17, 15) is 0 Å². The van der Waals surface area contributed by atoms with Gasteiger partial charge >= 0.3 is 0 Å². The molecule has 1 unspecified atom stereocenters. The van der Waals surface area contributed by atoms with Gasteiger partial charge in [-0.15, -0.1) is 0 Å². The minimum atomic E-state index is 0.243. The molecule has 1 aromatic heterocycles. The number of anilines is 1. The summed E-state index contributed by atoms with van der Waals surface area (Å²) in [4.78, 5) is 4.40. The summed E-state index contributed by atoms with van der Waals surface area (Å²) >= 11 is 0. The van der Waals surface area contributed by atoms with Crippen molar-refractivity contribution in [3.63, 3.8) is 0 Å². The van der Waals surface area contributed by atoms with Gasteiger partial charge in [0.25, 0.3) is 0 Å². The first kappa shape index (κ1) is 14.4. The summed E-state index contributed by atoms with van der Waals surface area (Å²) in [6.45, 7) is 5.32. The van der Waals surface area contributed by atoms with Crippen molar-refractivity contribution in [2.24, 2.45) is 0 Å². The number of hydrogen-bond donors (Lipinski definition) is 1. The van der Waals surface area contributed by atoms with Crippen LogP contribution >= 0.6 is 0 Å². The van der Waals surface area contributed by atoms with Gasteiger partial charge in [0, 0.05) is 18.9 Å². The van der Waals surface area contributed by atoms with Crippen molar-refractivity contribution in [3.05, 3.63) is 42.2 Å². The highest BCUT2D eigenvalue weighted by molar-refractivity contribution is 5.33. The summed E-state index contributed by atoms with van der Waals surface area (Å²) in [6.07, 6.45) is 6.20. The minimum Gasteiger partial charge on any atom is -0.497 e. The maximum atomic E-state index is 5.20. The quantitative estimate of drug-likeness (QED) is 0.782. The molecule has 0 aliphatic rings. The largest absolute Gasteiger partial charge is 0.497 e. The third kappa shape index (κ3) is 3.32. The van der Waals surface area contributed by atoms with Gasteiger partial charge in [0.1, 0.15) is 5.75 Å². The second-order valence-electron chi connectivity index (χ2n) is 4.89. The molecule has 0 saturated heterocycles. The minimum absolute atomic E-state index is 0.243. The lowest BCUT2D eigenvalue weighted by Gasteiger charge is -2.17. The summed E-state index contributed by atoms with van der Waals surface area (Å²) < 4.78 is 7.36. The maximum Gasteiger partial charge on any atom is 0.203 e. The topological polar surface area (TPSA) is 39.1 Å². The molecule has 0 spiro atoms. The van der Waals surface area contributed by atoms with Crippen LogP contribution in [-0.2, 0) is 0 Å². The number of rotatable bonds is 7. The Balaban J connectivity index is 2.11. The predicted octanol–water partition coefficient (Wildman–Crippen LogP) is 3.71. The predicted molar refractivity (Wildman–Crippen MR) is 82.4 cm³/mol. The molecule has 0 radical (unpaired) electrons. The number of nitrogens with one attached hydrogen (secondary N) is 1. The van der Waals surface area contributed by atoms with E-state index in [1.165, 1.54) is 12.0 Å². The highest BCUT2D eigenvalue weighted by Gasteiger charge is 2.11. The van der Waals surface area contributed by atoms with E-state index < -0.39 is 0 Å². The van der Waals surface area contributed by atoms with Crippen molar-refractivity contribution in [1.29, 1.82) is 0 Å². The molecule has 0 bridgehead atoms. The lowest BCUT2D eigenvalue weighted by Crippen LogP contribution is -2.12. The molecule has 1 atom stereocenters. The molecule has 0 fully saturated rings. The van der Waals surface area contributed by atoms with E-state index in [4.69, 9.17) is 4.74 Å². The van der Waals surface area contributed by atoms with Crippen LogP contribution in [0.15, 0.2) is 36.7 Å². The van der Waals surface area contributed by atoms with Gasteiger partial charge in [0.05, 0.1) is 13.2 Å². The smallest absolute Gasteiger partial charge is 0.203 e. The van der Waals surface area contributed by atoms with Gasteiger partial charge in [-0.25, -0.2) is 4.98 Å². The molecule has 108 valence electrons. The van der Waals surface area contributed by atoms with E-state index in [2.05, 4.69) is 40.8 Å². The summed E-state index contributed by atoms with van der Waals surface area (Å²) in [5.74, 6) is 1.81. The third-order valence-corrected chi connectivity index (χ3v) is 3.50. The zero-order chi connectivity index (χ0) is 14.4. The van der Waals surface area contributed by atoms with E-state index in [1.807, 2.05) is 24.5 Å². The van der Waals surface area contributed by atoms with Crippen LogP contribution in [0.1, 0.15) is 38.3 Å². The second kappa shape index (κ2) is 6.98. The molecule has 2 rings (SSSR count). The lowest BCUT2D eigenvalue weighted by atomic mass is 10.1. The third-order valence-electron chi connectivity index (χ3n) is 3.50. The summed E-state index contributed by atoms with van der Waals surface area (Å²) in [6, 6.07) is 8.42. The van der Waals surface area contributed by atoms with E-state index in [-0.39, 0.29) is 6.04 Å². The molecule has 1 N–H and O–H groups in total. The number of imidazole rings is 1. The molecule has 20 heavy (non-hydrogen) atoms. The van der Waals surface area contributed by atoms with Crippen molar-refractivity contribution in [2.45, 2.75) is 32.7 Å². The fraction of sp³-hybridized carbons (Fsp3) is 0.438. The van der Waals surface area contributed by atoms with Crippen LogP contribution in [0.3, 0.4) is 0 Å². The average Bonchev–Trinajstić information content (AvgIpc) is 2.95. The molecule has 1 aromatic carbocycles. The Hall–Kier alpha value is -1.97. The Morgan fingerprint density at radius 1 is 1.30 bits per heavy atom. The molecule has 0 aliphatic carbocycles. The number of nitrogens with zero attached hydrogens (tertiary/aromatic N) is 2. The number of unbranched alkanes of at least 4 members (excludes halogenated alkanes) is 1. The van der Waals surface area contributed by atoms with Gasteiger partial charge in [-0.1, -0.05) is 25.5 Å². The van der Waals surface area contributed by atoms with Crippen LogP contribution in [-0.4, -0.2) is 23.2 Å². The van der Waals surface area contributed by atoms with E-state index >= 15 is 0 Å². The Labute approximate surface area is 120 Å². The lowest BCUT2D eigenvalue weighted by molar-refractivity contribution is 0.414. The van der Waals surface area contributed by atoms with E-state index in [1.54, 1.807) is 7.11 Å². The monoisotopic (exact) mass is 273 g/mol. The molecule has 0 amide bonds. The normalized spacial score (nSPS) is 12.2. The van der Waals surface area contributed by atoms with Gasteiger partial charge in [-0.05, 0) is 31.0 Å². The Morgan fingerprint density at radius 2 is 2.05 bits per heavy atom. The van der Waals surface area contributed by atoms with Crippen LogP contribution in [0.25, 0.3) is 0 Å². The van der Waals surface area contributed by atoms with Gasteiger partial charge in [0.2, 0.25) is 5.95 Å². The van der Waals surface area contributed by atoms with Crippen molar-refractivity contribution < 1.29 is 4.74 Å². The van der Waals surface area contributed by atoms with Crippen LogP contribution in [0.4, 0.5) is 5.95 Å². The Morgan fingerprint density at radius 3 is 2.70 bits per heavy atom. The van der Waals surface area contributed by atoms with Crippen molar-refractivity contribution >= 4 is 5.95 Å². The maximum absolute atomic E-state index is 5.20. The standard InChI is InChI=1S/C16H23N3O/c1-4-5-10-17-16-18-11-12-19(16)13(2)14-6-8-15(20-3)9-7-14/h6-9,11-13H,4-5,10H2,1-3H3,(H,17,18). The van der Waals surface area contributed by atoms with E-state index in [0.29, 0.717) is 0 Å².